The number of aromatic amines is 2. The molecular formula is C49H54N4O8S2. The van der Waals surface area contributed by atoms with E-state index in [9.17, 15) is 27.6 Å². The number of allylic oxidation sites excluding steroid dienone is 2. The van der Waals surface area contributed by atoms with E-state index in [1.807, 2.05) is 101 Å². The largest absolute Gasteiger partial charge is 0.469 e. The Labute approximate surface area is 372 Å². The number of esters is 2. The Morgan fingerprint density at radius 1 is 0.619 bits per heavy atom. The van der Waals surface area contributed by atoms with Crippen LogP contribution in [0.5, 0.6) is 0 Å². The maximum Gasteiger partial charge on any atom is 0.305 e. The number of rotatable bonds is 17. The predicted molar refractivity (Wildman–Crippen MR) is 247 cm³/mol. The van der Waals surface area contributed by atoms with E-state index in [0.29, 0.717) is 86.5 Å². The van der Waals surface area contributed by atoms with E-state index in [4.69, 9.17) is 9.47 Å². The van der Waals surface area contributed by atoms with Gasteiger partial charge in [-0.2, -0.15) is 0 Å². The van der Waals surface area contributed by atoms with Crippen LogP contribution in [0.15, 0.2) is 91.3 Å². The molecule has 0 spiro atoms. The minimum atomic E-state index is -1.28. The first-order valence-corrected chi connectivity index (χ1v) is 23.4. The minimum absolute atomic E-state index is 0.120. The molecule has 2 aliphatic heterocycles. The van der Waals surface area contributed by atoms with Crippen LogP contribution in [0.4, 0.5) is 0 Å². The van der Waals surface area contributed by atoms with Crippen molar-refractivity contribution in [3.63, 3.8) is 0 Å². The molecule has 63 heavy (non-hydrogen) atoms. The highest BCUT2D eigenvalue weighted by molar-refractivity contribution is 7.85. The third-order valence-corrected chi connectivity index (χ3v) is 14.4. The second kappa shape index (κ2) is 20.5. The van der Waals surface area contributed by atoms with Gasteiger partial charge in [-0.3, -0.25) is 27.6 Å². The smallest absolute Gasteiger partial charge is 0.305 e. The monoisotopic (exact) mass is 890 g/mol. The molecule has 2 atom stereocenters. The average molecular weight is 891 g/mol. The Morgan fingerprint density at radius 2 is 1.16 bits per heavy atom. The molecule has 4 aromatic rings. The fourth-order valence-corrected chi connectivity index (χ4v) is 9.84. The van der Waals surface area contributed by atoms with Crippen LogP contribution in [-0.4, -0.2) is 73.6 Å². The topological polar surface area (TPSA) is 177 Å². The number of ether oxygens (including phenoxy) is 2. The average Bonchev–Trinajstić information content (AvgIpc) is 3.91. The molecule has 4 heterocycles. The van der Waals surface area contributed by atoms with Gasteiger partial charge in [0.2, 0.25) is 0 Å². The Balaban J connectivity index is 1.37. The molecule has 3 N–H and O–H groups in total. The molecule has 2 aliphatic rings. The number of amides is 2. The fourth-order valence-electron chi connectivity index (χ4n) is 7.71. The van der Waals surface area contributed by atoms with E-state index < -0.39 is 21.6 Å². The number of benzene rings is 2. The molecule has 6 rings (SSSR count). The number of aryl methyl sites for hydroxylation is 2. The van der Waals surface area contributed by atoms with Gasteiger partial charge in [0.25, 0.3) is 11.8 Å². The molecule has 0 bridgehead atoms. The van der Waals surface area contributed by atoms with E-state index in [2.05, 4.69) is 20.3 Å². The Bertz CT molecular complexity index is 2780. The maximum atomic E-state index is 13.2. The van der Waals surface area contributed by atoms with Crippen LogP contribution in [0.1, 0.15) is 84.3 Å². The SMILES string of the molecule is COC(=O)CCc1c(C=c2[nH]c(=CC3=NC(=O)C(CCS(=O)c4ccc(C)cc4)=C3C)c(C)c2CCC(=O)OC)[nH]c(/C=C2\NC(=O)C(C)=C2CCS(=O)c2ccc(C)cc2)c1C. The van der Waals surface area contributed by atoms with Crippen LogP contribution in [0.2, 0.25) is 0 Å². The lowest BCUT2D eigenvalue weighted by molar-refractivity contribution is -0.141. The molecule has 2 aromatic heterocycles. The van der Waals surface area contributed by atoms with E-state index in [0.717, 1.165) is 43.8 Å². The van der Waals surface area contributed by atoms with Crippen LogP contribution in [-0.2, 0) is 63.1 Å². The summed E-state index contributed by atoms with van der Waals surface area (Å²) in [6, 6.07) is 15.1. The van der Waals surface area contributed by atoms with Gasteiger partial charge in [0, 0.05) is 73.1 Å². The quantitative estimate of drug-likeness (QED) is 0.110. The Kier molecular flexibility index (Phi) is 15.1. The van der Waals surface area contributed by atoms with Crippen molar-refractivity contribution in [1.82, 2.24) is 15.3 Å². The Morgan fingerprint density at radius 3 is 1.71 bits per heavy atom. The number of nitrogens with one attached hydrogen (secondary N) is 3. The van der Waals surface area contributed by atoms with E-state index >= 15 is 0 Å². The highest BCUT2D eigenvalue weighted by atomic mass is 32.2. The first-order valence-electron chi connectivity index (χ1n) is 20.8. The number of carbonyl (C=O) groups excluding carboxylic acids is 4. The number of aromatic nitrogens is 2. The second-order valence-electron chi connectivity index (χ2n) is 15.8. The summed E-state index contributed by atoms with van der Waals surface area (Å²) in [5.74, 6) is -0.688. The van der Waals surface area contributed by atoms with Gasteiger partial charge in [-0.15, -0.1) is 0 Å². The second-order valence-corrected chi connectivity index (χ2v) is 18.9. The van der Waals surface area contributed by atoms with Crippen molar-refractivity contribution in [2.24, 2.45) is 4.99 Å². The van der Waals surface area contributed by atoms with Gasteiger partial charge in [-0.1, -0.05) is 35.4 Å². The molecule has 2 unspecified atom stereocenters. The standard InChI is InChI=1S/C49H54N4O8S2/c1-28-9-13-34(14-10-28)62(58)23-21-38-33(6)48(56)53-45(38)26-41-31(4)37(18-20-47(55)61-8)44(51-41)27-43-36(17-19-46(54)60-7)30(3)40(50-43)25-42-32(5)39(49(57)52-42)22-24-63(59)35-15-11-29(2)12-16-35/h9-16,25-27,50-51H,17-24H2,1-8H3,(H,53,56)/b40-25?,43-27?,45-26-. The highest BCUT2D eigenvalue weighted by Gasteiger charge is 2.26. The summed E-state index contributed by atoms with van der Waals surface area (Å²) in [6.45, 7) is 11.4. The molecule has 330 valence electrons. The highest BCUT2D eigenvalue weighted by Crippen LogP contribution is 2.30. The summed E-state index contributed by atoms with van der Waals surface area (Å²) in [4.78, 5) is 63.9. The lowest BCUT2D eigenvalue weighted by Gasteiger charge is -2.08. The summed E-state index contributed by atoms with van der Waals surface area (Å²) in [7, 11) is 0.150. The summed E-state index contributed by atoms with van der Waals surface area (Å²) >= 11 is 0. The van der Waals surface area contributed by atoms with Gasteiger partial charge in [0.15, 0.2) is 0 Å². The van der Waals surface area contributed by atoms with Crippen molar-refractivity contribution in [2.45, 2.75) is 89.9 Å². The molecule has 0 aliphatic carbocycles. The van der Waals surface area contributed by atoms with Gasteiger partial charge in [0.05, 0.1) is 41.5 Å². The summed E-state index contributed by atoms with van der Waals surface area (Å²) in [5, 5.41) is 4.39. The van der Waals surface area contributed by atoms with Gasteiger partial charge in [-0.05, 0) is 143 Å². The summed E-state index contributed by atoms with van der Waals surface area (Å²) in [5.41, 5.74) is 10.7. The van der Waals surface area contributed by atoms with Crippen molar-refractivity contribution in [2.75, 3.05) is 25.7 Å². The van der Waals surface area contributed by atoms with Crippen molar-refractivity contribution in [3.05, 3.63) is 132 Å². The van der Waals surface area contributed by atoms with Crippen LogP contribution >= 0.6 is 0 Å². The zero-order chi connectivity index (χ0) is 45.5. The summed E-state index contributed by atoms with van der Waals surface area (Å²) in [6.07, 6.45) is 7.31. The van der Waals surface area contributed by atoms with Gasteiger partial charge < -0.3 is 24.8 Å². The minimum Gasteiger partial charge on any atom is -0.469 e. The van der Waals surface area contributed by atoms with Crippen LogP contribution in [0.25, 0.3) is 18.2 Å². The van der Waals surface area contributed by atoms with Crippen LogP contribution in [0.3, 0.4) is 0 Å². The van der Waals surface area contributed by atoms with E-state index in [1.54, 1.807) is 6.92 Å². The predicted octanol–water partition coefficient (Wildman–Crippen LogP) is 5.88. The third kappa shape index (κ3) is 11.0. The fraction of sp³-hybridized carbons (Fsp3) is 0.327. The molecule has 0 saturated carbocycles. The molecular weight excluding hydrogens is 837 g/mol. The first kappa shape index (κ1) is 46.5. The number of hydrogen-bond acceptors (Lipinski definition) is 8. The molecule has 14 heteroatoms. The number of hydrogen-bond donors (Lipinski definition) is 3. The first-order chi connectivity index (χ1) is 30.1. The van der Waals surface area contributed by atoms with Gasteiger partial charge >= 0.3 is 11.9 Å². The lowest BCUT2D eigenvalue weighted by Crippen LogP contribution is -2.15. The van der Waals surface area contributed by atoms with Crippen molar-refractivity contribution < 1.29 is 37.1 Å². The lowest BCUT2D eigenvalue weighted by atomic mass is 10.0. The zero-order valence-electron chi connectivity index (χ0n) is 37.0. The Hall–Kier alpha value is -5.99. The van der Waals surface area contributed by atoms with Crippen LogP contribution < -0.4 is 16.0 Å². The van der Waals surface area contributed by atoms with Gasteiger partial charge in [0.1, 0.15) is 0 Å². The number of carbonyl (C=O) groups is 4. The number of aliphatic imine (C=N–C) groups is 1. The molecule has 2 aromatic carbocycles. The van der Waals surface area contributed by atoms with Crippen molar-refractivity contribution in [3.8, 4) is 0 Å². The molecule has 12 nitrogen and oxygen atoms in total. The molecule has 0 saturated heterocycles. The van der Waals surface area contributed by atoms with E-state index in [1.165, 1.54) is 14.2 Å². The maximum absolute atomic E-state index is 13.2. The normalized spacial score (nSPS) is 16.3. The third-order valence-electron chi connectivity index (χ3n) is 11.7. The van der Waals surface area contributed by atoms with Crippen molar-refractivity contribution >= 4 is 69.3 Å². The summed E-state index contributed by atoms with van der Waals surface area (Å²) < 4.78 is 36.3. The van der Waals surface area contributed by atoms with Crippen LogP contribution in [0, 0.1) is 27.7 Å². The van der Waals surface area contributed by atoms with E-state index in [-0.39, 0.29) is 42.3 Å². The molecule has 0 radical (unpaired) electrons. The molecule has 0 fully saturated rings. The number of methoxy groups -OCH3 is 2. The zero-order valence-corrected chi connectivity index (χ0v) is 38.7. The van der Waals surface area contributed by atoms with Crippen molar-refractivity contribution in [1.29, 1.82) is 0 Å². The molecule has 2 amide bonds. The van der Waals surface area contributed by atoms with Gasteiger partial charge in [-0.25, -0.2) is 4.99 Å². The number of nitrogens with zero attached hydrogens (tertiary/aromatic N) is 1. The number of H-pyrrole nitrogens is 2.